The lowest BCUT2D eigenvalue weighted by Crippen LogP contribution is -2.21. The van der Waals surface area contributed by atoms with Crippen LogP contribution in [0.2, 0.25) is 0 Å². The van der Waals surface area contributed by atoms with Crippen LogP contribution in [0.4, 0.5) is 5.82 Å². The van der Waals surface area contributed by atoms with Crippen LogP contribution in [0.3, 0.4) is 0 Å². The molecule has 0 aliphatic heterocycles. The highest BCUT2D eigenvalue weighted by molar-refractivity contribution is 5.50. The molecule has 0 bridgehead atoms. The summed E-state index contributed by atoms with van der Waals surface area (Å²) in [7, 11) is 0. The van der Waals surface area contributed by atoms with Gasteiger partial charge in [0.25, 0.3) is 0 Å². The van der Waals surface area contributed by atoms with Gasteiger partial charge in [-0.05, 0) is 30.7 Å². The van der Waals surface area contributed by atoms with Gasteiger partial charge < -0.3 is 5.32 Å². The van der Waals surface area contributed by atoms with Crippen LogP contribution in [0.25, 0.3) is 0 Å². The summed E-state index contributed by atoms with van der Waals surface area (Å²) >= 11 is 0. The van der Waals surface area contributed by atoms with Gasteiger partial charge in [0.1, 0.15) is 6.07 Å². The number of nitrogens with one attached hydrogen (secondary N) is 1. The lowest BCUT2D eigenvalue weighted by atomic mass is 9.81. The van der Waals surface area contributed by atoms with Crippen LogP contribution in [0, 0.1) is 23.2 Å². The van der Waals surface area contributed by atoms with E-state index in [1.54, 1.807) is 12.3 Å². The molecule has 1 aromatic rings. The third-order valence-corrected chi connectivity index (χ3v) is 3.94. The van der Waals surface area contributed by atoms with E-state index in [9.17, 15) is 0 Å². The lowest BCUT2D eigenvalue weighted by molar-refractivity contribution is 0.278. The predicted molar refractivity (Wildman–Crippen MR) is 71.0 cm³/mol. The first-order chi connectivity index (χ1) is 8.83. The second-order valence-corrected chi connectivity index (χ2v) is 5.08. The zero-order chi connectivity index (χ0) is 12.8. The fourth-order valence-corrected chi connectivity index (χ4v) is 2.64. The maximum atomic E-state index is 8.96. The molecule has 0 saturated heterocycles. The van der Waals surface area contributed by atoms with E-state index in [1.165, 1.54) is 32.1 Å². The van der Waals surface area contributed by atoms with E-state index in [0.717, 1.165) is 12.5 Å². The highest BCUT2D eigenvalue weighted by Crippen LogP contribution is 2.30. The molecular formula is C14H20N4. The molecule has 96 valence electrons. The van der Waals surface area contributed by atoms with E-state index in [1.807, 2.05) is 0 Å². The molecule has 0 amide bonds. The highest BCUT2D eigenvalue weighted by Gasteiger charge is 2.20. The number of anilines is 1. The Labute approximate surface area is 108 Å². The van der Waals surface area contributed by atoms with Crippen molar-refractivity contribution in [2.45, 2.75) is 39.0 Å². The highest BCUT2D eigenvalue weighted by atomic mass is 15.2. The Morgan fingerprint density at radius 3 is 2.72 bits per heavy atom. The average Bonchev–Trinajstić information content (AvgIpc) is 2.46. The Hall–Kier alpha value is -1.63. The van der Waals surface area contributed by atoms with Crippen LogP contribution >= 0.6 is 0 Å². The lowest BCUT2D eigenvalue weighted by Gasteiger charge is -2.27. The van der Waals surface area contributed by atoms with Gasteiger partial charge in [0.2, 0.25) is 0 Å². The molecule has 0 radical (unpaired) electrons. The van der Waals surface area contributed by atoms with Crippen molar-refractivity contribution in [2.24, 2.45) is 11.8 Å². The zero-order valence-corrected chi connectivity index (χ0v) is 10.9. The number of hydrogen-bond donors (Lipinski definition) is 1. The van der Waals surface area contributed by atoms with Crippen LogP contribution in [0.5, 0.6) is 0 Å². The minimum Gasteiger partial charge on any atom is -0.367 e. The molecular weight excluding hydrogens is 224 g/mol. The number of hydrogen-bond acceptors (Lipinski definition) is 4. The Morgan fingerprint density at radius 1 is 1.33 bits per heavy atom. The van der Waals surface area contributed by atoms with Gasteiger partial charge in [-0.1, -0.05) is 26.2 Å². The summed E-state index contributed by atoms with van der Waals surface area (Å²) in [4.78, 5) is 0. The number of aromatic nitrogens is 2. The molecule has 1 saturated carbocycles. The molecule has 0 atom stereocenters. The monoisotopic (exact) mass is 244 g/mol. The standard InChI is InChI=1S/C14H20N4/c1-2-11-3-5-12(6-4-11)10-16-14-13(9-15)7-8-17-18-14/h7-8,11-12H,2-6,10H2,1H3,(H,16,18). The van der Waals surface area contributed by atoms with Crippen LogP contribution in [-0.4, -0.2) is 16.7 Å². The molecule has 4 nitrogen and oxygen atoms in total. The topological polar surface area (TPSA) is 61.6 Å². The largest absolute Gasteiger partial charge is 0.367 e. The van der Waals surface area contributed by atoms with E-state index in [0.29, 0.717) is 17.3 Å². The molecule has 2 rings (SSSR count). The summed E-state index contributed by atoms with van der Waals surface area (Å²) in [5.41, 5.74) is 0.576. The Balaban J connectivity index is 1.84. The molecule has 1 aromatic heterocycles. The molecule has 0 aromatic carbocycles. The van der Waals surface area contributed by atoms with Gasteiger partial charge in [-0.25, -0.2) is 0 Å². The van der Waals surface area contributed by atoms with Crippen LogP contribution in [0.15, 0.2) is 12.3 Å². The first kappa shape index (κ1) is 12.8. The summed E-state index contributed by atoms with van der Waals surface area (Å²) in [6, 6.07) is 3.83. The minimum atomic E-state index is 0.576. The third-order valence-electron chi connectivity index (χ3n) is 3.94. The molecule has 0 spiro atoms. The van der Waals surface area contributed by atoms with Crippen molar-refractivity contribution in [3.8, 4) is 6.07 Å². The average molecular weight is 244 g/mol. The van der Waals surface area contributed by atoms with Crippen LogP contribution in [0.1, 0.15) is 44.6 Å². The molecule has 1 N–H and O–H groups in total. The second-order valence-electron chi connectivity index (χ2n) is 5.08. The Bertz CT molecular complexity index is 416. The summed E-state index contributed by atoms with van der Waals surface area (Å²) in [6.07, 6.45) is 8.11. The van der Waals surface area contributed by atoms with Gasteiger partial charge in [-0.15, -0.1) is 5.10 Å². The third kappa shape index (κ3) is 3.19. The van der Waals surface area contributed by atoms with Gasteiger partial charge in [0.15, 0.2) is 5.82 Å². The molecule has 18 heavy (non-hydrogen) atoms. The van der Waals surface area contributed by atoms with Crippen molar-refractivity contribution in [2.75, 3.05) is 11.9 Å². The van der Waals surface area contributed by atoms with Gasteiger partial charge in [0.05, 0.1) is 11.8 Å². The molecule has 1 aliphatic rings. The SMILES string of the molecule is CCC1CCC(CNc2nnccc2C#N)CC1. The smallest absolute Gasteiger partial charge is 0.166 e. The summed E-state index contributed by atoms with van der Waals surface area (Å²) in [5.74, 6) is 2.26. The van der Waals surface area contributed by atoms with Crippen molar-refractivity contribution in [3.05, 3.63) is 17.8 Å². The Kier molecular flexibility index (Phi) is 4.52. The van der Waals surface area contributed by atoms with Gasteiger partial charge >= 0.3 is 0 Å². The van der Waals surface area contributed by atoms with Crippen molar-refractivity contribution < 1.29 is 0 Å². The summed E-state index contributed by atoms with van der Waals surface area (Å²) in [5, 5.41) is 20.0. The van der Waals surface area contributed by atoms with Gasteiger partial charge in [0, 0.05) is 6.54 Å². The van der Waals surface area contributed by atoms with Crippen LogP contribution < -0.4 is 5.32 Å². The van der Waals surface area contributed by atoms with Gasteiger partial charge in [-0.2, -0.15) is 10.4 Å². The zero-order valence-electron chi connectivity index (χ0n) is 10.9. The second kappa shape index (κ2) is 6.34. The van der Waals surface area contributed by atoms with Crippen molar-refractivity contribution in [1.82, 2.24) is 10.2 Å². The Morgan fingerprint density at radius 2 is 2.06 bits per heavy atom. The maximum absolute atomic E-state index is 8.96. The van der Waals surface area contributed by atoms with E-state index >= 15 is 0 Å². The van der Waals surface area contributed by atoms with Crippen molar-refractivity contribution >= 4 is 5.82 Å². The number of rotatable bonds is 4. The summed E-state index contributed by atoms with van der Waals surface area (Å²) < 4.78 is 0. The van der Waals surface area contributed by atoms with Gasteiger partial charge in [-0.3, -0.25) is 0 Å². The van der Waals surface area contributed by atoms with E-state index in [-0.39, 0.29) is 0 Å². The molecule has 1 heterocycles. The quantitative estimate of drug-likeness (QED) is 0.884. The normalized spacial score (nSPS) is 23.3. The molecule has 1 fully saturated rings. The number of nitrogens with zero attached hydrogens (tertiary/aromatic N) is 3. The van der Waals surface area contributed by atoms with Crippen LogP contribution in [-0.2, 0) is 0 Å². The predicted octanol–water partition coefficient (Wildman–Crippen LogP) is 2.98. The van der Waals surface area contributed by atoms with Crippen molar-refractivity contribution in [1.29, 1.82) is 5.26 Å². The van der Waals surface area contributed by atoms with E-state index in [2.05, 4.69) is 28.5 Å². The van der Waals surface area contributed by atoms with Crippen molar-refractivity contribution in [3.63, 3.8) is 0 Å². The molecule has 0 unspecified atom stereocenters. The molecule has 4 heteroatoms. The minimum absolute atomic E-state index is 0.576. The number of nitriles is 1. The fourth-order valence-electron chi connectivity index (χ4n) is 2.64. The first-order valence-electron chi connectivity index (χ1n) is 6.79. The van der Waals surface area contributed by atoms with E-state index in [4.69, 9.17) is 5.26 Å². The summed E-state index contributed by atoms with van der Waals surface area (Å²) in [6.45, 7) is 3.19. The maximum Gasteiger partial charge on any atom is 0.166 e. The molecule has 1 aliphatic carbocycles. The fraction of sp³-hybridized carbons (Fsp3) is 0.643. The first-order valence-corrected chi connectivity index (χ1v) is 6.79. The van der Waals surface area contributed by atoms with E-state index < -0.39 is 0 Å².